The molecular formula is C28H18ClN. The van der Waals surface area contributed by atoms with Crippen LogP contribution in [0, 0.1) is 0 Å². The fraction of sp³-hybridized carbons (Fsp3) is 0. The van der Waals surface area contributed by atoms with Crippen LogP contribution in [-0.2, 0) is 0 Å². The van der Waals surface area contributed by atoms with E-state index in [1.54, 1.807) is 0 Å². The number of fused-ring (bicyclic) bond motifs is 4. The number of nitrogens with zero attached hydrogens (tertiary/aromatic N) is 1. The molecule has 0 radical (unpaired) electrons. The molecule has 1 heterocycles. The zero-order valence-corrected chi connectivity index (χ0v) is 17.0. The molecule has 1 nitrogen and oxygen atoms in total. The van der Waals surface area contributed by atoms with Crippen LogP contribution in [-0.4, -0.2) is 4.57 Å². The first-order chi connectivity index (χ1) is 14.8. The molecule has 0 N–H and O–H groups in total. The fourth-order valence-corrected chi connectivity index (χ4v) is 4.67. The molecule has 0 spiro atoms. The van der Waals surface area contributed by atoms with Crippen LogP contribution in [0.1, 0.15) is 0 Å². The predicted octanol–water partition coefficient (Wildman–Crippen LogP) is 8.26. The number of halogens is 1. The zero-order valence-electron chi connectivity index (χ0n) is 16.2. The van der Waals surface area contributed by atoms with Crippen LogP contribution in [0.3, 0.4) is 0 Å². The Bertz CT molecular complexity index is 1490. The Morgan fingerprint density at radius 3 is 1.63 bits per heavy atom. The van der Waals surface area contributed by atoms with Gasteiger partial charge in [0.05, 0.1) is 16.7 Å². The molecule has 1 aromatic heterocycles. The van der Waals surface area contributed by atoms with Crippen molar-refractivity contribution >= 4 is 44.2 Å². The van der Waals surface area contributed by atoms with Crippen LogP contribution in [0.5, 0.6) is 0 Å². The lowest BCUT2D eigenvalue weighted by molar-refractivity contribution is 1.20. The van der Waals surface area contributed by atoms with Gasteiger partial charge in [0.15, 0.2) is 0 Å². The molecule has 0 unspecified atom stereocenters. The van der Waals surface area contributed by atoms with E-state index in [4.69, 9.17) is 11.6 Å². The first kappa shape index (κ1) is 17.3. The van der Waals surface area contributed by atoms with Crippen molar-refractivity contribution in [3.8, 4) is 16.8 Å². The largest absolute Gasteiger partial charge is 0.309 e. The standard InChI is InChI=1S/C28H18ClN/c29-20-15-13-19(14-16-20)21-17-18-28(23-8-2-1-7-22(21)23)30-26-11-5-3-9-24(26)25-10-4-6-12-27(25)30/h1-18H. The van der Waals surface area contributed by atoms with Gasteiger partial charge in [-0.25, -0.2) is 0 Å². The number of para-hydroxylation sites is 2. The van der Waals surface area contributed by atoms with Gasteiger partial charge in [-0.15, -0.1) is 0 Å². The Morgan fingerprint density at radius 1 is 0.467 bits per heavy atom. The predicted molar refractivity (Wildman–Crippen MR) is 129 cm³/mol. The molecule has 2 heteroatoms. The normalized spacial score (nSPS) is 11.5. The maximum absolute atomic E-state index is 6.12. The van der Waals surface area contributed by atoms with Crippen LogP contribution >= 0.6 is 11.6 Å². The van der Waals surface area contributed by atoms with Crippen molar-refractivity contribution in [3.63, 3.8) is 0 Å². The third kappa shape index (κ3) is 2.56. The highest BCUT2D eigenvalue weighted by molar-refractivity contribution is 6.30. The van der Waals surface area contributed by atoms with E-state index in [1.165, 1.54) is 49.4 Å². The minimum atomic E-state index is 0.755. The second-order valence-electron chi connectivity index (χ2n) is 7.55. The summed E-state index contributed by atoms with van der Waals surface area (Å²) in [7, 11) is 0. The quantitative estimate of drug-likeness (QED) is 0.274. The van der Waals surface area contributed by atoms with E-state index in [9.17, 15) is 0 Å². The van der Waals surface area contributed by atoms with Gasteiger partial charge in [-0.3, -0.25) is 0 Å². The first-order valence-electron chi connectivity index (χ1n) is 10.1. The molecule has 5 aromatic carbocycles. The molecule has 0 bridgehead atoms. The van der Waals surface area contributed by atoms with Crippen LogP contribution < -0.4 is 0 Å². The maximum atomic E-state index is 6.12. The van der Waals surface area contributed by atoms with Gasteiger partial charge < -0.3 is 4.57 Å². The molecule has 0 aliphatic carbocycles. The Morgan fingerprint density at radius 2 is 1.00 bits per heavy atom. The topological polar surface area (TPSA) is 4.93 Å². The lowest BCUT2D eigenvalue weighted by Crippen LogP contribution is -1.96. The second-order valence-corrected chi connectivity index (χ2v) is 7.99. The molecule has 0 atom stereocenters. The monoisotopic (exact) mass is 403 g/mol. The van der Waals surface area contributed by atoms with E-state index in [1.807, 2.05) is 12.1 Å². The summed E-state index contributed by atoms with van der Waals surface area (Å²) in [6, 6.07) is 38.5. The van der Waals surface area contributed by atoms with Gasteiger partial charge in [0, 0.05) is 21.2 Å². The first-order valence-corrected chi connectivity index (χ1v) is 10.5. The minimum absolute atomic E-state index is 0.755. The number of aromatic nitrogens is 1. The van der Waals surface area contributed by atoms with Gasteiger partial charge in [-0.1, -0.05) is 90.5 Å². The van der Waals surface area contributed by atoms with E-state index in [2.05, 4.69) is 102 Å². The molecule has 0 fully saturated rings. The van der Waals surface area contributed by atoms with Gasteiger partial charge in [0.2, 0.25) is 0 Å². The molecule has 0 saturated heterocycles. The zero-order chi connectivity index (χ0) is 20.1. The van der Waals surface area contributed by atoms with E-state index < -0.39 is 0 Å². The van der Waals surface area contributed by atoms with Crippen molar-refractivity contribution in [1.29, 1.82) is 0 Å². The van der Waals surface area contributed by atoms with Gasteiger partial charge in [0.25, 0.3) is 0 Å². The molecule has 0 aliphatic rings. The SMILES string of the molecule is Clc1ccc(-c2ccc(-n3c4ccccc4c4ccccc43)c3ccccc23)cc1. The van der Waals surface area contributed by atoms with Gasteiger partial charge >= 0.3 is 0 Å². The molecule has 142 valence electrons. The highest BCUT2D eigenvalue weighted by Crippen LogP contribution is 2.37. The molecule has 6 aromatic rings. The summed E-state index contributed by atoms with van der Waals surface area (Å²) in [6.07, 6.45) is 0. The maximum Gasteiger partial charge on any atom is 0.0541 e. The van der Waals surface area contributed by atoms with Gasteiger partial charge in [-0.2, -0.15) is 0 Å². The molecule has 30 heavy (non-hydrogen) atoms. The lowest BCUT2D eigenvalue weighted by atomic mass is 9.97. The van der Waals surface area contributed by atoms with E-state index in [-0.39, 0.29) is 0 Å². The fourth-order valence-electron chi connectivity index (χ4n) is 4.54. The Balaban J connectivity index is 1.71. The van der Waals surface area contributed by atoms with Crippen molar-refractivity contribution in [2.75, 3.05) is 0 Å². The minimum Gasteiger partial charge on any atom is -0.309 e. The molecule has 0 saturated carbocycles. The van der Waals surface area contributed by atoms with Crippen molar-refractivity contribution in [1.82, 2.24) is 4.57 Å². The van der Waals surface area contributed by atoms with Crippen LogP contribution in [0.2, 0.25) is 5.02 Å². The summed E-state index contributed by atoms with van der Waals surface area (Å²) in [6.45, 7) is 0. The summed E-state index contributed by atoms with van der Waals surface area (Å²) in [5, 5.41) is 5.78. The Labute approximate surface area is 179 Å². The molecule has 0 amide bonds. The second kappa shape index (κ2) is 6.76. The van der Waals surface area contributed by atoms with Crippen LogP contribution in [0.25, 0.3) is 49.4 Å². The molecular weight excluding hydrogens is 386 g/mol. The number of benzene rings is 5. The molecule has 0 aliphatic heterocycles. The highest BCUT2D eigenvalue weighted by Gasteiger charge is 2.15. The number of hydrogen-bond acceptors (Lipinski definition) is 0. The Hall–Kier alpha value is -3.55. The average Bonchev–Trinajstić information content (AvgIpc) is 3.13. The summed E-state index contributed by atoms with van der Waals surface area (Å²) in [5.74, 6) is 0. The van der Waals surface area contributed by atoms with Crippen molar-refractivity contribution < 1.29 is 0 Å². The van der Waals surface area contributed by atoms with Crippen molar-refractivity contribution in [3.05, 3.63) is 114 Å². The number of rotatable bonds is 2. The van der Waals surface area contributed by atoms with E-state index in [0.717, 1.165) is 5.02 Å². The summed E-state index contributed by atoms with van der Waals surface area (Å²) in [5.41, 5.74) is 6.03. The van der Waals surface area contributed by atoms with Crippen LogP contribution in [0.15, 0.2) is 109 Å². The van der Waals surface area contributed by atoms with Gasteiger partial charge in [-0.05, 0) is 46.8 Å². The van der Waals surface area contributed by atoms with Crippen LogP contribution in [0.4, 0.5) is 0 Å². The van der Waals surface area contributed by atoms with E-state index >= 15 is 0 Å². The Kier molecular flexibility index (Phi) is 3.90. The lowest BCUT2D eigenvalue weighted by Gasteiger charge is -2.15. The number of hydrogen-bond donors (Lipinski definition) is 0. The third-order valence-corrected chi connectivity index (χ3v) is 6.13. The summed E-state index contributed by atoms with van der Waals surface area (Å²) >= 11 is 6.12. The molecule has 6 rings (SSSR count). The highest BCUT2D eigenvalue weighted by atomic mass is 35.5. The summed E-state index contributed by atoms with van der Waals surface area (Å²) < 4.78 is 2.39. The smallest absolute Gasteiger partial charge is 0.0541 e. The van der Waals surface area contributed by atoms with E-state index in [0.29, 0.717) is 0 Å². The van der Waals surface area contributed by atoms with Crippen molar-refractivity contribution in [2.45, 2.75) is 0 Å². The summed E-state index contributed by atoms with van der Waals surface area (Å²) in [4.78, 5) is 0. The van der Waals surface area contributed by atoms with Crippen molar-refractivity contribution in [2.24, 2.45) is 0 Å². The average molecular weight is 404 g/mol. The van der Waals surface area contributed by atoms with Gasteiger partial charge in [0.1, 0.15) is 0 Å². The third-order valence-electron chi connectivity index (χ3n) is 5.88.